The van der Waals surface area contributed by atoms with E-state index < -0.39 is 6.61 Å². The molecule has 1 heterocycles. The molecule has 2 aromatic rings. The predicted molar refractivity (Wildman–Crippen MR) is 100 cm³/mol. The maximum Gasteiger partial charge on any atom is 0.387 e. The number of urea groups is 1. The summed E-state index contributed by atoms with van der Waals surface area (Å²) in [4.78, 5) is 16.5. The normalized spacial score (nSPS) is 15.0. The quantitative estimate of drug-likeness (QED) is 0.838. The maximum atomic E-state index is 12.5. The van der Waals surface area contributed by atoms with Crippen LogP contribution < -0.4 is 10.1 Å². The molecule has 0 bridgehead atoms. The molecule has 27 heavy (non-hydrogen) atoms. The molecule has 0 atom stereocenters. The van der Waals surface area contributed by atoms with Crippen LogP contribution in [0.2, 0.25) is 0 Å². The smallest absolute Gasteiger partial charge is 0.387 e. The summed E-state index contributed by atoms with van der Waals surface area (Å²) in [6.07, 6.45) is 0.978. The average molecular weight is 375 g/mol. The van der Waals surface area contributed by atoms with E-state index in [1.807, 2.05) is 18.2 Å². The SMILES string of the molecule is O=C(Nc1ccccc1OC(F)F)N1CCN(CCc2ccccc2)CC1. The van der Waals surface area contributed by atoms with Gasteiger partial charge in [-0.15, -0.1) is 0 Å². The minimum atomic E-state index is -2.93. The Bertz CT molecular complexity index is 735. The lowest BCUT2D eigenvalue weighted by molar-refractivity contribution is -0.0493. The molecule has 0 radical (unpaired) electrons. The van der Waals surface area contributed by atoms with E-state index in [2.05, 4.69) is 27.1 Å². The molecule has 5 nitrogen and oxygen atoms in total. The second-order valence-corrected chi connectivity index (χ2v) is 6.37. The summed E-state index contributed by atoms with van der Waals surface area (Å²) >= 11 is 0. The molecule has 1 aliphatic heterocycles. The summed E-state index contributed by atoms with van der Waals surface area (Å²) in [6, 6.07) is 16.2. The number of nitrogens with zero attached hydrogens (tertiary/aromatic N) is 2. The molecule has 0 spiro atoms. The van der Waals surface area contributed by atoms with Crippen LogP contribution in [0.5, 0.6) is 5.75 Å². The van der Waals surface area contributed by atoms with Gasteiger partial charge in [-0.3, -0.25) is 4.90 Å². The molecule has 1 fully saturated rings. The van der Waals surface area contributed by atoms with Crippen molar-refractivity contribution in [3.63, 3.8) is 0 Å². The fraction of sp³-hybridized carbons (Fsp3) is 0.350. The standard InChI is InChI=1S/C20H23F2N3O2/c21-19(22)27-18-9-5-4-8-17(18)23-20(26)25-14-12-24(13-15-25)11-10-16-6-2-1-3-7-16/h1-9,19H,10-15H2,(H,23,26). The summed E-state index contributed by atoms with van der Waals surface area (Å²) in [5, 5.41) is 2.67. The number of carbonyl (C=O) groups is 1. The molecule has 3 rings (SSSR count). The third-order valence-electron chi connectivity index (χ3n) is 4.56. The Morgan fingerprint density at radius 2 is 1.67 bits per heavy atom. The Morgan fingerprint density at radius 3 is 2.37 bits per heavy atom. The van der Waals surface area contributed by atoms with Crippen LogP contribution >= 0.6 is 0 Å². The van der Waals surface area contributed by atoms with E-state index in [0.717, 1.165) is 26.1 Å². The molecular weight excluding hydrogens is 352 g/mol. The van der Waals surface area contributed by atoms with Gasteiger partial charge in [-0.05, 0) is 24.1 Å². The third-order valence-corrected chi connectivity index (χ3v) is 4.56. The van der Waals surface area contributed by atoms with Crippen LogP contribution in [0.4, 0.5) is 19.3 Å². The highest BCUT2D eigenvalue weighted by atomic mass is 19.3. The largest absolute Gasteiger partial charge is 0.433 e. The molecule has 1 saturated heterocycles. The summed E-state index contributed by atoms with van der Waals surface area (Å²) < 4.78 is 29.4. The van der Waals surface area contributed by atoms with E-state index in [4.69, 9.17) is 0 Å². The number of alkyl halides is 2. The van der Waals surface area contributed by atoms with Crippen LogP contribution in [0.15, 0.2) is 54.6 Å². The van der Waals surface area contributed by atoms with Crippen molar-refractivity contribution in [3.8, 4) is 5.75 Å². The van der Waals surface area contributed by atoms with Crippen LogP contribution in [0.1, 0.15) is 5.56 Å². The number of benzene rings is 2. The molecule has 0 unspecified atom stereocenters. The van der Waals surface area contributed by atoms with Crippen molar-refractivity contribution in [2.45, 2.75) is 13.0 Å². The van der Waals surface area contributed by atoms with Gasteiger partial charge >= 0.3 is 12.6 Å². The number of hydrogen-bond donors (Lipinski definition) is 1. The number of ether oxygens (including phenoxy) is 1. The monoisotopic (exact) mass is 375 g/mol. The maximum absolute atomic E-state index is 12.5. The highest BCUT2D eigenvalue weighted by molar-refractivity contribution is 5.91. The number of anilines is 1. The van der Waals surface area contributed by atoms with Crippen molar-refractivity contribution >= 4 is 11.7 Å². The molecule has 0 saturated carbocycles. The van der Waals surface area contributed by atoms with Gasteiger partial charge in [0.05, 0.1) is 5.69 Å². The summed E-state index contributed by atoms with van der Waals surface area (Å²) in [7, 11) is 0. The molecule has 0 aliphatic carbocycles. The van der Waals surface area contributed by atoms with Gasteiger partial charge in [-0.25, -0.2) is 4.79 Å². The van der Waals surface area contributed by atoms with E-state index in [1.54, 1.807) is 23.1 Å². The Labute approximate surface area is 157 Å². The Balaban J connectivity index is 1.47. The number of amides is 2. The van der Waals surface area contributed by atoms with E-state index in [-0.39, 0.29) is 17.5 Å². The first kappa shape index (κ1) is 19.1. The summed E-state index contributed by atoms with van der Waals surface area (Å²) in [5.41, 5.74) is 1.54. The van der Waals surface area contributed by atoms with Crippen molar-refractivity contribution in [3.05, 3.63) is 60.2 Å². The van der Waals surface area contributed by atoms with Crippen molar-refractivity contribution in [1.29, 1.82) is 0 Å². The summed E-state index contributed by atoms with van der Waals surface area (Å²) in [5.74, 6) is -0.0395. The van der Waals surface area contributed by atoms with Gasteiger partial charge in [0.1, 0.15) is 5.75 Å². The lowest BCUT2D eigenvalue weighted by atomic mass is 10.1. The second kappa shape index (κ2) is 9.32. The minimum Gasteiger partial charge on any atom is -0.433 e. The fourth-order valence-corrected chi connectivity index (χ4v) is 3.07. The molecule has 1 N–H and O–H groups in total. The first-order valence-electron chi connectivity index (χ1n) is 8.98. The van der Waals surface area contributed by atoms with E-state index in [1.165, 1.54) is 11.6 Å². The number of hydrogen-bond acceptors (Lipinski definition) is 3. The number of halogens is 2. The Kier molecular flexibility index (Phi) is 6.59. The number of rotatable bonds is 6. The molecule has 2 amide bonds. The molecular formula is C20H23F2N3O2. The van der Waals surface area contributed by atoms with Crippen molar-refractivity contribution in [2.24, 2.45) is 0 Å². The number of carbonyl (C=O) groups excluding carboxylic acids is 1. The minimum absolute atomic E-state index is 0.0395. The third kappa shape index (κ3) is 5.65. The zero-order chi connectivity index (χ0) is 19.1. The highest BCUT2D eigenvalue weighted by Gasteiger charge is 2.22. The van der Waals surface area contributed by atoms with Crippen LogP contribution in [-0.2, 0) is 6.42 Å². The fourth-order valence-electron chi connectivity index (χ4n) is 3.07. The van der Waals surface area contributed by atoms with E-state index >= 15 is 0 Å². The lowest BCUT2D eigenvalue weighted by Gasteiger charge is -2.34. The topological polar surface area (TPSA) is 44.8 Å². The van der Waals surface area contributed by atoms with E-state index in [9.17, 15) is 13.6 Å². The van der Waals surface area contributed by atoms with Gasteiger partial charge in [-0.2, -0.15) is 8.78 Å². The Morgan fingerprint density at radius 1 is 1.00 bits per heavy atom. The van der Waals surface area contributed by atoms with Crippen molar-refractivity contribution in [2.75, 3.05) is 38.0 Å². The Hall–Kier alpha value is -2.67. The van der Waals surface area contributed by atoms with Gasteiger partial charge in [0.25, 0.3) is 0 Å². The van der Waals surface area contributed by atoms with Crippen LogP contribution in [-0.4, -0.2) is 55.2 Å². The number of nitrogens with one attached hydrogen (secondary N) is 1. The van der Waals surface area contributed by atoms with Crippen molar-refractivity contribution in [1.82, 2.24) is 9.80 Å². The summed E-state index contributed by atoms with van der Waals surface area (Å²) in [6.45, 7) is 0.781. The van der Waals surface area contributed by atoms with Gasteiger partial charge in [0.2, 0.25) is 0 Å². The van der Waals surface area contributed by atoms with Crippen LogP contribution in [0.3, 0.4) is 0 Å². The zero-order valence-electron chi connectivity index (χ0n) is 15.0. The first-order chi connectivity index (χ1) is 13.1. The molecule has 1 aliphatic rings. The zero-order valence-corrected chi connectivity index (χ0v) is 15.0. The predicted octanol–water partition coefficient (Wildman–Crippen LogP) is 3.68. The molecule has 7 heteroatoms. The molecule has 144 valence electrons. The van der Waals surface area contributed by atoms with Gasteiger partial charge < -0.3 is 15.0 Å². The van der Waals surface area contributed by atoms with Crippen molar-refractivity contribution < 1.29 is 18.3 Å². The highest BCUT2D eigenvalue weighted by Crippen LogP contribution is 2.25. The number of piperazine rings is 1. The van der Waals surface area contributed by atoms with Gasteiger partial charge in [0, 0.05) is 32.7 Å². The first-order valence-corrected chi connectivity index (χ1v) is 8.98. The van der Waals surface area contributed by atoms with Gasteiger partial charge in [0.15, 0.2) is 0 Å². The second-order valence-electron chi connectivity index (χ2n) is 6.37. The molecule has 0 aromatic heterocycles. The molecule has 2 aromatic carbocycles. The van der Waals surface area contributed by atoms with Gasteiger partial charge in [-0.1, -0.05) is 42.5 Å². The average Bonchev–Trinajstić information content (AvgIpc) is 2.69. The van der Waals surface area contributed by atoms with Crippen LogP contribution in [0, 0.1) is 0 Å². The lowest BCUT2D eigenvalue weighted by Crippen LogP contribution is -2.50. The number of para-hydroxylation sites is 2. The van der Waals surface area contributed by atoms with Crippen LogP contribution in [0.25, 0.3) is 0 Å². The van der Waals surface area contributed by atoms with E-state index in [0.29, 0.717) is 13.1 Å².